The van der Waals surface area contributed by atoms with Gasteiger partial charge in [-0.3, -0.25) is 0 Å². The van der Waals surface area contributed by atoms with E-state index in [1.165, 1.54) is 32.4 Å². The molecule has 2 fully saturated rings. The number of likely N-dealkylation sites (tertiary alicyclic amines) is 1. The first-order valence-corrected chi connectivity index (χ1v) is 5.83. The van der Waals surface area contributed by atoms with Crippen LogP contribution in [0.4, 0.5) is 0 Å². The molecule has 13 heavy (non-hydrogen) atoms. The molecule has 0 bridgehead atoms. The van der Waals surface area contributed by atoms with Crippen molar-refractivity contribution in [2.24, 2.45) is 23.7 Å². The van der Waals surface area contributed by atoms with E-state index in [2.05, 4.69) is 25.8 Å². The van der Waals surface area contributed by atoms with Crippen molar-refractivity contribution in [1.82, 2.24) is 4.90 Å². The Morgan fingerprint density at radius 3 is 2.15 bits per heavy atom. The van der Waals surface area contributed by atoms with Crippen LogP contribution in [0.25, 0.3) is 0 Å². The van der Waals surface area contributed by atoms with E-state index in [0.717, 1.165) is 23.7 Å². The van der Waals surface area contributed by atoms with Gasteiger partial charge in [-0.05, 0) is 50.0 Å². The first-order valence-electron chi connectivity index (χ1n) is 5.83. The van der Waals surface area contributed by atoms with Crippen molar-refractivity contribution in [1.29, 1.82) is 0 Å². The molecule has 1 saturated carbocycles. The standard InChI is InChI=1S/C12H23N/c1-9(2)4-10-5-11-7-13(3)8-12(11)6-10/h9-12H,4-8H2,1-3H3/t10?,11-,12+. The van der Waals surface area contributed by atoms with Crippen LogP contribution in [0.5, 0.6) is 0 Å². The summed E-state index contributed by atoms with van der Waals surface area (Å²) in [6.45, 7) is 7.47. The zero-order valence-corrected chi connectivity index (χ0v) is 9.29. The third kappa shape index (κ3) is 2.07. The van der Waals surface area contributed by atoms with Gasteiger partial charge in [0.2, 0.25) is 0 Å². The van der Waals surface area contributed by atoms with Gasteiger partial charge in [0.25, 0.3) is 0 Å². The van der Waals surface area contributed by atoms with Crippen molar-refractivity contribution < 1.29 is 0 Å². The number of hydrogen-bond donors (Lipinski definition) is 0. The largest absolute Gasteiger partial charge is 0.306 e. The topological polar surface area (TPSA) is 3.24 Å². The van der Waals surface area contributed by atoms with Crippen molar-refractivity contribution in [3.63, 3.8) is 0 Å². The second-order valence-corrected chi connectivity index (χ2v) is 5.71. The van der Waals surface area contributed by atoms with Crippen LogP contribution in [0.1, 0.15) is 33.1 Å². The Morgan fingerprint density at radius 2 is 1.69 bits per heavy atom. The highest BCUT2D eigenvalue weighted by Crippen LogP contribution is 2.43. The molecule has 2 rings (SSSR count). The smallest absolute Gasteiger partial charge is 0.000996 e. The van der Waals surface area contributed by atoms with Gasteiger partial charge in [-0.1, -0.05) is 13.8 Å². The number of fused-ring (bicyclic) bond motifs is 1. The Kier molecular flexibility index (Phi) is 2.64. The molecule has 1 unspecified atom stereocenters. The predicted octanol–water partition coefficient (Wildman–Crippen LogP) is 2.62. The third-order valence-electron chi connectivity index (χ3n) is 3.84. The monoisotopic (exact) mass is 181 g/mol. The highest BCUT2D eigenvalue weighted by molar-refractivity contribution is 4.91. The molecule has 0 aromatic rings. The lowest BCUT2D eigenvalue weighted by atomic mass is 9.94. The van der Waals surface area contributed by atoms with Crippen LogP contribution >= 0.6 is 0 Å². The van der Waals surface area contributed by atoms with Gasteiger partial charge < -0.3 is 4.90 Å². The lowest BCUT2D eigenvalue weighted by Crippen LogP contribution is -2.16. The van der Waals surface area contributed by atoms with Crippen molar-refractivity contribution in [3.05, 3.63) is 0 Å². The molecular formula is C12H23N. The van der Waals surface area contributed by atoms with Crippen LogP contribution in [-0.4, -0.2) is 25.0 Å². The summed E-state index contributed by atoms with van der Waals surface area (Å²) >= 11 is 0. The van der Waals surface area contributed by atoms with E-state index in [9.17, 15) is 0 Å². The van der Waals surface area contributed by atoms with Crippen LogP contribution in [0, 0.1) is 23.7 Å². The van der Waals surface area contributed by atoms with Crippen LogP contribution in [-0.2, 0) is 0 Å². The molecular weight excluding hydrogens is 158 g/mol. The summed E-state index contributed by atoms with van der Waals surface area (Å²) in [4.78, 5) is 2.51. The lowest BCUT2D eigenvalue weighted by molar-refractivity contribution is 0.330. The zero-order chi connectivity index (χ0) is 9.42. The molecule has 1 aliphatic heterocycles. The van der Waals surface area contributed by atoms with Crippen LogP contribution < -0.4 is 0 Å². The fourth-order valence-electron chi connectivity index (χ4n) is 3.52. The predicted molar refractivity (Wildman–Crippen MR) is 56.7 cm³/mol. The Labute approximate surface area is 82.5 Å². The maximum atomic E-state index is 2.51. The molecule has 2 aliphatic rings. The molecule has 0 aromatic carbocycles. The van der Waals surface area contributed by atoms with Gasteiger partial charge in [-0.25, -0.2) is 0 Å². The van der Waals surface area contributed by atoms with Crippen LogP contribution in [0.3, 0.4) is 0 Å². The summed E-state index contributed by atoms with van der Waals surface area (Å²) in [5.41, 5.74) is 0. The normalized spacial score (nSPS) is 40.2. The highest BCUT2D eigenvalue weighted by atomic mass is 15.1. The fourth-order valence-corrected chi connectivity index (χ4v) is 3.52. The third-order valence-corrected chi connectivity index (χ3v) is 3.84. The van der Waals surface area contributed by atoms with E-state index in [-0.39, 0.29) is 0 Å². The maximum absolute atomic E-state index is 2.51. The van der Waals surface area contributed by atoms with E-state index < -0.39 is 0 Å². The van der Waals surface area contributed by atoms with Crippen molar-refractivity contribution in [3.8, 4) is 0 Å². The number of rotatable bonds is 2. The van der Waals surface area contributed by atoms with Gasteiger partial charge >= 0.3 is 0 Å². The maximum Gasteiger partial charge on any atom is 0.000996 e. The van der Waals surface area contributed by atoms with Gasteiger partial charge in [0.1, 0.15) is 0 Å². The minimum Gasteiger partial charge on any atom is -0.306 e. The van der Waals surface area contributed by atoms with Gasteiger partial charge in [0.15, 0.2) is 0 Å². The molecule has 1 nitrogen and oxygen atoms in total. The molecule has 0 amide bonds. The van der Waals surface area contributed by atoms with E-state index in [4.69, 9.17) is 0 Å². The minimum atomic E-state index is 0.904. The summed E-state index contributed by atoms with van der Waals surface area (Å²) in [5.74, 6) is 4.06. The molecule has 1 aliphatic carbocycles. The molecule has 0 aromatic heterocycles. The molecule has 1 saturated heterocycles. The molecule has 0 spiro atoms. The van der Waals surface area contributed by atoms with Gasteiger partial charge in [0.05, 0.1) is 0 Å². The van der Waals surface area contributed by atoms with Gasteiger partial charge in [-0.2, -0.15) is 0 Å². The zero-order valence-electron chi connectivity index (χ0n) is 9.29. The van der Waals surface area contributed by atoms with Crippen molar-refractivity contribution in [2.45, 2.75) is 33.1 Å². The summed E-state index contributed by atoms with van der Waals surface area (Å²) in [5, 5.41) is 0. The molecule has 0 radical (unpaired) electrons. The van der Waals surface area contributed by atoms with E-state index in [1.54, 1.807) is 0 Å². The second kappa shape index (κ2) is 3.61. The summed E-state index contributed by atoms with van der Waals surface area (Å²) < 4.78 is 0. The SMILES string of the molecule is CC(C)CC1C[C@@H]2CN(C)C[C@@H]2C1. The Morgan fingerprint density at radius 1 is 1.15 bits per heavy atom. The molecule has 1 heteroatoms. The van der Waals surface area contributed by atoms with Crippen LogP contribution in [0.2, 0.25) is 0 Å². The summed E-state index contributed by atoms with van der Waals surface area (Å²) in [6.07, 6.45) is 4.51. The first kappa shape index (κ1) is 9.51. The van der Waals surface area contributed by atoms with Crippen molar-refractivity contribution >= 4 is 0 Å². The average molecular weight is 181 g/mol. The molecule has 1 heterocycles. The Hall–Kier alpha value is -0.0400. The van der Waals surface area contributed by atoms with Gasteiger partial charge in [0, 0.05) is 13.1 Å². The Bertz CT molecular complexity index is 162. The van der Waals surface area contributed by atoms with Crippen LogP contribution in [0.15, 0.2) is 0 Å². The lowest BCUT2D eigenvalue weighted by Gasteiger charge is -2.15. The molecule has 3 atom stereocenters. The highest BCUT2D eigenvalue weighted by Gasteiger charge is 2.39. The minimum absolute atomic E-state index is 0.904. The number of nitrogens with zero attached hydrogens (tertiary/aromatic N) is 1. The van der Waals surface area contributed by atoms with E-state index in [0.29, 0.717) is 0 Å². The van der Waals surface area contributed by atoms with E-state index >= 15 is 0 Å². The fraction of sp³-hybridized carbons (Fsp3) is 1.00. The second-order valence-electron chi connectivity index (χ2n) is 5.71. The first-order chi connectivity index (χ1) is 6.15. The summed E-state index contributed by atoms with van der Waals surface area (Å²) in [6, 6.07) is 0. The van der Waals surface area contributed by atoms with Gasteiger partial charge in [-0.15, -0.1) is 0 Å². The Balaban J connectivity index is 1.83. The molecule has 76 valence electrons. The average Bonchev–Trinajstić information content (AvgIpc) is 2.41. The molecule has 0 N–H and O–H groups in total. The van der Waals surface area contributed by atoms with E-state index in [1.807, 2.05) is 0 Å². The van der Waals surface area contributed by atoms with Crippen molar-refractivity contribution in [2.75, 3.05) is 20.1 Å². The summed E-state index contributed by atoms with van der Waals surface area (Å²) in [7, 11) is 2.27. The quantitative estimate of drug-likeness (QED) is 0.633. The number of hydrogen-bond acceptors (Lipinski definition) is 1.